The van der Waals surface area contributed by atoms with Crippen molar-refractivity contribution in [3.63, 3.8) is 0 Å². The lowest BCUT2D eigenvalue weighted by Crippen LogP contribution is -1.98. The van der Waals surface area contributed by atoms with E-state index < -0.39 is 5.82 Å². The van der Waals surface area contributed by atoms with Crippen LogP contribution < -0.4 is 4.74 Å². The van der Waals surface area contributed by atoms with Crippen LogP contribution in [0.3, 0.4) is 0 Å². The van der Waals surface area contributed by atoms with E-state index in [-0.39, 0.29) is 11.6 Å². The summed E-state index contributed by atoms with van der Waals surface area (Å²) in [5.41, 5.74) is 3.03. The first-order valence-corrected chi connectivity index (χ1v) is 7.90. The van der Waals surface area contributed by atoms with E-state index in [4.69, 9.17) is 4.74 Å². The van der Waals surface area contributed by atoms with Crippen molar-refractivity contribution in [1.29, 1.82) is 0 Å². The zero-order chi connectivity index (χ0) is 16.7. The molecule has 1 N–H and O–H groups in total. The Morgan fingerprint density at radius 3 is 2.75 bits per heavy atom. The minimum atomic E-state index is -0.466. The van der Waals surface area contributed by atoms with Gasteiger partial charge in [-0.2, -0.15) is 0 Å². The predicted molar refractivity (Wildman–Crippen MR) is 92.1 cm³/mol. The fourth-order valence-corrected chi connectivity index (χ4v) is 3.31. The Morgan fingerprint density at radius 1 is 1.21 bits per heavy atom. The van der Waals surface area contributed by atoms with Gasteiger partial charge in [0.2, 0.25) is 5.88 Å². The summed E-state index contributed by atoms with van der Waals surface area (Å²) in [6.45, 7) is 0.783. The number of rotatable bonds is 3. The number of hydrogen-bond acceptors (Lipinski definition) is 3. The molecule has 2 heterocycles. The highest BCUT2D eigenvalue weighted by atomic mass is 19.1. The fourth-order valence-electron chi connectivity index (χ4n) is 3.31. The van der Waals surface area contributed by atoms with Crippen molar-refractivity contribution in [2.75, 3.05) is 13.7 Å². The lowest BCUT2D eigenvalue weighted by Gasteiger charge is -2.09. The van der Waals surface area contributed by atoms with Crippen LogP contribution in [0.15, 0.2) is 47.5 Å². The van der Waals surface area contributed by atoms with Gasteiger partial charge in [0.1, 0.15) is 0 Å². The van der Waals surface area contributed by atoms with Crippen molar-refractivity contribution in [3.8, 4) is 17.3 Å². The first-order chi connectivity index (χ1) is 11.7. The smallest absolute Gasteiger partial charge is 0.206 e. The van der Waals surface area contributed by atoms with Crippen molar-refractivity contribution in [2.24, 2.45) is 4.99 Å². The van der Waals surface area contributed by atoms with Gasteiger partial charge in [0.25, 0.3) is 0 Å². The maximum atomic E-state index is 14.1. The number of halogens is 1. The molecule has 0 saturated carbocycles. The van der Waals surface area contributed by atoms with Crippen LogP contribution in [0.25, 0.3) is 16.6 Å². The largest absolute Gasteiger partial charge is 0.494 e. The number of para-hydroxylation sites is 1. The SMILES string of the molecule is COc1ccc(-n2c(O)c(C3=NCCC3)c3ccccc32)cc1F. The minimum Gasteiger partial charge on any atom is -0.494 e. The average molecular weight is 324 g/mol. The van der Waals surface area contributed by atoms with E-state index in [1.807, 2.05) is 24.3 Å². The first kappa shape index (κ1) is 14.8. The predicted octanol–water partition coefficient (Wildman–Crippen LogP) is 4.07. The first-order valence-electron chi connectivity index (χ1n) is 7.90. The molecular weight excluding hydrogens is 307 g/mol. The third kappa shape index (κ3) is 2.16. The molecule has 4 rings (SSSR count). The summed E-state index contributed by atoms with van der Waals surface area (Å²) in [6.07, 6.45) is 1.84. The standard InChI is InChI=1S/C19H17FN2O2/c1-24-17-9-8-12(11-14(17)20)22-16-7-3-2-5-13(16)18(19(22)23)15-6-4-10-21-15/h2-3,5,7-9,11,23H,4,6,10H2,1H3. The van der Waals surface area contributed by atoms with Gasteiger partial charge in [-0.1, -0.05) is 18.2 Å². The lowest BCUT2D eigenvalue weighted by atomic mass is 10.1. The van der Waals surface area contributed by atoms with E-state index in [2.05, 4.69) is 4.99 Å². The van der Waals surface area contributed by atoms with Crippen molar-refractivity contribution < 1.29 is 14.2 Å². The minimum absolute atomic E-state index is 0.0985. The summed E-state index contributed by atoms with van der Waals surface area (Å²) in [5, 5.41) is 11.8. The molecule has 2 aromatic carbocycles. The van der Waals surface area contributed by atoms with Gasteiger partial charge in [0, 0.05) is 23.7 Å². The molecule has 0 aliphatic carbocycles. The van der Waals surface area contributed by atoms with Crippen LogP contribution in [-0.2, 0) is 0 Å². The Balaban J connectivity index is 1.99. The Labute approximate surface area is 138 Å². The van der Waals surface area contributed by atoms with Gasteiger partial charge in [-0.3, -0.25) is 9.56 Å². The number of aliphatic imine (C=N–C) groups is 1. The molecule has 1 aromatic heterocycles. The van der Waals surface area contributed by atoms with Gasteiger partial charge >= 0.3 is 0 Å². The molecule has 0 fully saturated rings. The quantitative estimate of drug-likeness (QED) is 0.789. The molecule has 0 radical (unpaired) electrons. The topological polar surface area (TPSA) is 46.8 Å². The molecule has 0 amide bonds. The molecule has 0 spiro atoms. The second kappa shape index (κ2) is 5.67. The third-order valence-electron chi connectivity index (χ3n) is 4.41. The number of methoxy groups -OCH3 is 1. The van der Waals surface area contributed by atoms with E-state index in [0.717, 1.165) is 41.6 Å². The van der Waals surface area contributed by atoms with E-state index in [9.17, 15) is 9.50 Å². The number of ether oxygens (including phenoxy) is 1. The highest BCUT2D eigenvalue weighted by Gasteiger charge is 2.23. The van der Waals surface area contributed by atoms with E-state index in [1.54, 1.807) is 16.7 Å². The lowest BCUT2D eigenvalue weighted by molar-refractivity contribution is 0.386. The summed E-state index contributed by atoms with van der Waals surface area (Å²) in [5.74, 6) is -0.191. The van der Waals surface area contributed by atoms with Crippen LogP contribution in [0, 0.1) is 5.82 Å². The molecule has 0 unspecified atom stereocenters. The van der Waals surface area contributed by atoms with Gasteiger partial charge in [0.05, 0.1) is 23.9 Å². The van der Waals surface area contributed by atoms with Crippen molar-refractivity contribution in [2.45, 2.75) is 12.8 Å². The van der Waals surface area contributed by atoms with E-state index >= 15 is 0 Å². The molecule has 1 aliphatic heterocycles. The van der Waals surface area contributed by atoms with Crippen LogP contribution >= 0.6 is 0 Å². The summed E-state index contributed by atoms with van der Waals surface area (Å²) in [6, 6.07) is 12.4. The molecule has 122 valence electrons. The highest BCUT2D eigenvalue weighted by Crippen LogP contribution is 2.37. The zero-order valence-electron chi connectivity index (χ0n) is 13.3. The zero-order valence-corrected chi connectivity index (χ0v) is 13.3. The van der Waals surface area contributed by atoms with Crippen LogP contribution in [0.1, 0.15) is 18.4 Å². The number of benzene rings is 2. The molecule has 1 aliphatic rings. The summed E-state index contributed by atoms with van der Waals surface area (Å²) >= 11 is 0. The number of fused-ring (bicyclic) bond motifs is 1. The number of hydrogen-bond donors (Lipinski definition) is 1. The average Bonchev–Trinajstić information content (AvgIpc) is 3.20. The van der Waals surface area contributed by atoms with Crippen LogP contribution in [-0.4, -0.2) is 29.0 Å². The van der Waals surface area contributed by atoms with Crippen LogP contribution in [0.5, 0.6) is 11.6 Å². The van der Waals surface area contributed by atoms with Gasteiger partial charge < -0.3 is 9.84 Å². The maximum Gasteiger partial charge on any atom is 0.206 e. The van der Waals surface area contributed by atoms with Crippen molar-refractivity contribution in [1.82, 2.24) is 4.57 Å². The second-order valence-electron chi connectivity index (χ2n) is 5.80. The monoisotopic (exact) mass is 324 g/mol. The molecule has 0 bridgehead atoms. The Morgan fingerprint density at radius 2 is 2.04 bits per heavy atom. The molecule has 24 heavy (non-hydrogen) atoms. The fraction of sp³-hybridized carbons (Fsp3) is 0.211. The third-order valence-corrected chi connectivity index (χ3v) is 4.41. The van der Waals surface area contributed by atoms with Gasteiger partial charge in [0.15, 0.2) is 11.6 Å². The summed E-state index contributed by atoms with van der Waals surface area (Å²) in [4.78, 5) is 4.52. The van der Waals surface area contributed by atoms with Crippen LogP contribution in [0.2, 0.25) is 0 Å². The molecular formula is C19H17FN2O2. The molecule has 4 nitrogen and oxygen atoms in total. The normalized spacial score (nSPS) is 14.2. The Kier molecular flexibility index (Phi) is 3.49. The number of aromatic hydroxyl groups is 1. The van der Waals surface area contributed by atoms with Crippen molar-refractivity contribution in [3.05, 3.63) is 53.8 Å². The molecule has 5 heteroatoms. The maximum absolute atomic E-state index is 14.1. The molecule has 0 saturated heterocycles. The highest BCUT2D eigenvalue weighted by molar-refractivity contribution is 6.14. The number of aromatic nitrogens is 1. The van der Waals surface area contributed by atoms with E-state index in [1.165, 1.54) is 13.2 Å². The molecule has 3 aromatic rings. The van der Waals surface area contributed by atoms with E-state index in [0.29, 0.717) is 5.69 Å². The molecule has 0 atom stereocenters. The van der Waals surface area contributed by atoms with Gasteiger partial charge in [-0.25, -0.2) is 4.39 Å². The summed E-state index contributed by atoms with van der Waals surface area (Å²) in [7, 11) is 1.43. The van der Waals surface area contributed by atoms with Gasteiger partial charge in [-0.05, 0) is 31.0 Å². The second-order valence-corrected chi connectivity index (χ2v) is 5.80. The Hall–Kier alpha value is -2.82. The van der Waals surface area contributed by atoms with Crippen LogP contribution in [0.4, 0.5) is 4.39 Å². The van der Waals surface area contributed by atoms with Crippen molar-refractivity contribution >= 4 is 16.6 Å². The van der Waals surface area contributed by atoms with Gasteiger partial charge in [-0.15, -0.1) is 0 Å². The number of nitrogens with zero attached hydrogens (tertiary/aromatic N) is 2. The summed E-state index contributed by atoms with van der Waals surface area (Å²) < 4.78 is 20.8. The Bertz CT molecular complexity index is 959.